The summed E-state index contributed by atoms with van der Waals surface area (Å²) in [6, 6.07) is 7.67. The summed E-state index contributed by atoms with van der Waals surface area (Å²) in [5.74, 6) is 0.779. The van der Waals surface area contributed by atoms with E-state index in [2.05, 4.69) is 38.2 Å². The van der Waals surface area contributed by atoms with Crippen molar-refractivity contribution >= 4 is 11.5 Å². The van der Waals surface area contributed by atoms with Crippen LogP contribution in [0.5, 0.6) is 0 Å². The van der Waals surface area contributed by atoms with Crippen molar-refractivity contribution in [2.45, 2.75) is 6.54 Å². The van der Waals surface area contributed by atoms with E-state index in [9.17, 15) is 4.79 Å². The van der Waals surface area contributed by atoms with Crippen molar-refractivity contribution in [3.8, 4) is 0 Å². The molecule has 0 spiro atoms. The Bertz CT molecular complexity index is 659. The number of pyridine rings is 2. The van der Waals surface area contributed by atoms with Gasteiger partial charge in [0.1, 0.15) is 5.82 Å². The van der Waals surface area contributed by atoms with Gasteiger partial charge in [-0.15, -0.1) is 0 Å². The molecule has 0 saturated carbocycles. The van der Waals surface area contributed by atoms with Crippen LogP contribution in [0.2, 0.25) is 0 Å². The predicted octanol–water partition coefficient (Wildman–Crippen LogP) is 1.13. The van der Waals surface area contributed by atoms with Crippen molar-refractivity contribution in [3.05, 3.63) is 52.6 Å². The molecule has 3 rings (SSSR count). The zero-order valence-corrected chi connectivity index (χ0v) is 12.7. The van der Waals surface area contributed by atoms with E-state index in [0.717, 1.165) is 37.7 Å². The predicted molar refractivity (Wildman–Crippen MR) is 88.3 cm³/mol. The summed E-state index contributed by atoms with van der Waals surface area (Å²) < 4.78 is 0. The van der Waals surface area contributed by atoms with E-state index < -0.39 is 0 Å². The van der Waals surface area contributed by atoms with Gasteiger partial charge in [0.25, 0.3) is 5.56 Å². The first kappa shape index (κ1) is 14.6. The minimum absolute atomic E-state index is 0.0657. The molecule has 0 bridgehead atoms. The monoisotopic (exact) mass is 299 g/mol. The van der Waals surface area contributed by atoms with Gasteiger partial charge in [-0.3, -0.25) is 4.79 Å². The summed E-state index contributed by atoms with van der Waals surface area (Å²) in [5, 5.41) is 3.18. The van der Waals surface area contributed by atoms with Crippen LogP contribution in [0.1, 0.15) is 5.56 Å². The molecule has 22 heavy (non-hydrogen) atoms. The molecule has 1 aliphatic heterocycles. The number of aromatic nitrogens is 2. The molecule has 1 aliphatic rings. The van der Waals surface area contributed by atoms with Gasteiger partial charge in [-0.2, -0.15) is 0 Å². The van der Waals surface area contributed by atoms with Crippen molar-refractivity contribution in [3.63, 3.8) is 0 Å². The number of piperazine rings is 1. The maximum atomic E-state index is 11.6. The van der Waals surface area contributed by atoms with Crippen LogP contribution in [0, 0.1) is 0 Å². The summed E-state index contributed by atoms with van der Waals surface area (Å²) in [6.45, 7) is 4.69. The third-order valence-corrected chi connectivity index (χ3v) is 3.98. The Morgan fingerprint density at radius 2 is 2.05 bits per heavy atom. The smallest absolute Gasteiger partial charge is 0.252 e. The highest BCUT2D eigenvalue weighted by molar-refractivity contribution is 5.50. The molecule has 2 aromatic rings. The molecule has 0 atom stereocenters. The molecule has 1 fully saturated rings. The van der Waals surface area contributed by atoms with E-state index in [0.29, 0.717) is 12.1 Å². The lowest BCUT2D eigenvalue weighted by molar-refractivity contribution is 0.313. The number of anilines is 2. The van der Waals surface area contributed by atoms with Crippen molar-refractivity contribution in [1.82, 2.24) is 14.9 Å². The second kappa shape index (κ2) is 6.62. The normalized spacial score (nSPS) is 15.8. The van der Waals surface area contributed by atoms with Crippen molar-refractivity contribution in [2.24, 2.45) is 0 Å². The standard InChI is InChI=1S/C16H21N5O/c1-20-7-9-21(10-8-20)14-4-5-15(19-12-14)18-11-13-3-2-6-17-16(13)22/h2-6,12H,7-11H2,1H3,(H,17,22)(H,18,19). The zero-order valence-electron chi connectivity index (χ0n) is 12.7. The highest BCUT2D eigenvalue weighted by Crippen LogP contribution is 2.17. The number of likely N-dealkylation sites (N-methyl/N-ethyl adjacent to an activating group) is 1. The van der Waals surface area contributed by atoms with Gasteiger partial charge in [-0.05, 0) is 25.2 Å². The lowest BCUT2D eigenvalue weighted by atomic mass is 10.2. The highest BCUT2D eigenvalue weighted by atomic mass is 16.1. The number of hydrogen-bond donors (Lipinski definition) is 2. The molecule has 116 valence electrons. The fraction of sp³-hybridized carbons (Fsp3) is 0.375. The minimum atomic E-state index is -0.0657. The Morgan fingerprint density at radius 3 is 2.73 bits per heavy atom. The molecule has 2 N–H and O–H groups in total. The molecule has 6 nitrogen and oxygen atoms in total. The highest BCUT2D eigenvalue weighted by Gasteiger charge is 2.14. The maximum absolute atomic E-state index is 11.6. The zero-order chi connectivity index (χ0) is 15.4. The molecule has 0 radical (unpaired) electrons. The Hall–Kier alpha value is -2.34. The third-order valence-electron chi connectivity index (χ3n) is 3.98. The molecule has 0 unspecified atom stereocenters. The lowest BCUT2D eigenvalue weighted by Crippen LogP contribution is -2.44. The fourth-order valence-corrected chi connectivity index (χ4v) is 2.52. The van der Waals surface area contributed by atoms with Gasteiger partial charge < -0.3 is 20.1 Å². The average Bonchev–Trinajstić information content (AvgIpc) is 2.55. The van der Waals surface area contributed by atoms with Crippen molar-refractivity contribution < 1.29 is 0 Å². The number of H-pyrrole nitrogens is 1. The molecule has 0 amide bonds. The average molecular weight is 299 g/mol. The summed E-state index contributed by atoms with van der Waals surface area (Å²) in [7, 11) is 2.15. The van der Waals surface area contributed by atoms with Crippen LogP contribution in [-0.4, -0.2) is 48.1 Å². The quantitative estimate of drug-likeness (QED) is 0.886. The Kier molecular flexibility index (Phi) is 4.39. The summed E-state index contributed by atoms with van der Waals surface area (Å²) in [4.78, 5) is 23.4. The van der Waals surface area contributed by atoms with Crippen LogP contribution in [0.3, 0.4) is 0 Å². The van der Waals surface area contributed by atoms with Crippen molar-refractivity contribution in [1.29, 1.82) is 0 Å². The van der Waals surface area contributed by atoms with Gasteiger partial charge in [0.05, 0.1) is 11.9 Å². The molecule has 6 heteroatoms. The lowest BCUT2D eigenvalue weighted by Gasteiger charge is -2.33. The van der Waals surface area contributed by atoms with E-state index in [1.807, 2.05) is 24.4 Å². The van der Waals surface area contributed by atoms with Crippen molar-refractivity contribution in [2.75, 3.05) is 43.4 Å². The summed E-state index contributed by atoms with van der Waals surface area (Å²) in [6.07, 6.45) is 3.53. The van der Waals surface area contributed by atoms with Gasteiger partial charge in [0.2, 0.25) is 0 Å². The van der Waals surface area contributed by atoms with E-state index in [1.54, 1.807) is 6.20 Å². The Balaban J connectivity index is 1.60. The molecule has 0 aromatic carbocycles. The van der Waals surface area contributed by atoms with E-state index >= 15 is 0 Å². The first-order chi connectivity index (χ1) is 10.7. The number of nitrogens with zero attached hydrogens (tertiary/aromatic N) is 3. The molecule has 2 aromatic heterocycles. The largest absolute Gasteiger partial charge is 0.368 e. The third kappa shape index (κ3) is 3.46. The summed E-state index contributed by atoms with van der Waals surface area (Å²) in [5.41, 5.74) is 1.78. The fourth-order valence-electron chi connectivity index (χ4n) is 2.52. The van der Waals surface area contributed by atoms with Crippen LogP contribution in [0.4, 0.5) is 11.5 Å². The number of aromatic amines is 1. The van der Waals surface area contributed by atoms with E-state index in [4.69, 9.17) is 0 Å². The Morgan fingerprint density at radius 1 is 1.23 bits per heavy atom. The number of nitrogens with one attached hydrogen (secondary N) is 2. The first-order valence-electron chi connectivity index (χ1n) is 7.52. The minimum Gasteiger partial charge on any atom is -0.368 e. The van der Waals surface area contributed by atoms with E-state index in [1.165, 1.54) is 0 Å². The van der Waals surface area contributed by atoms with Crippen LogP contribution < -0.4 is 15.8 Å². The molecular formula is C16H21N5O. The first-order valence-corrected chi connectivity index (χ1v) is 7.52. The van der Waals surface area contributed by atoms with E-state index in [-0.39, 0.29) is 5.56 Å². The molecule has 3 heterocycles. The van der Waals surface area contributed by atoms with Gasteiger partial charge >= 0.3 is 0 Å². The SMILES string of the molecule is CN1CCN(c2ccc(NCc3ccc[nH]c3=O)nc2)CC1. The van der Waals surface area contributed by atoms with Crippen LogP contribution >= 0.6 is 0 Å². The Labute approximate surface area is 129 Å². The van der Waals surface area contributed by atoms with Crippen LogP contribution in [0.15, 0.2) is 41.5 Å². The number of rotatable bonds is 4. The maximum Gasteiger partial charge on any atom is 0.252 e. The summed E-state index contributed by atoms with van der Waals surface area (Å²) >= 11 is 0. The number of hydrogen-bond acceptors (Lipinski definition) is 5. The van der Waals surface area contributed by atoms with Gasteiger partial charge in [0.15, 0.2) is 0 Å². The van der Waals surface area contributed by atoms with Gasteiger partial charge in [0, 0.05) is 44.5 Å². The van der Waals surface area contributed by atoms with Crippen LogP contribution in [0.25, 0.3) is 0 Å². The molecule has 0 aliphatic carbocycles. The second-order valence-electron chi connectivity index (χ2n) is 5.57. The second-order valence-corrected chi connectivity index (χ2v) is 5.57. The van der Waals surface area contributed by atoms with Gasteiger partial charge in [-0.1, -0.05) is 6.07 Å². The van der Waals surface area contributed by atoms with Gasteiger partial charge in [-0.25, -0.2) is 4.98 Å². The molecular weight excluding hydrogens is 278 g/mol. The topological polar surface area (TPSA) is 64.3 Å². The van der Waals surface area contributed by atoms with Crippen LogP contribution in [-0.2, 0) is 6.54 Å². The molecule has 1 saturated heterocycles.